The van der Waals surface area contributed by atoms with E-state index in [1.165, 1.54) is 18.2 Å². The highest BCUT2D eigenvalue weighted by atomic mass is 19.1. The molecule has 0 fully saturated rings. The number of hydrogen-bond donors (Lipinski definition) is 2. The molecule has 0 bridgehead atoms. The van der Waals surface area contributed by atoms with Gasteiger partial charge in [-0.05, 0) is 41.8 Å². The van der Waals surface area contributed by atoms with Gasteiger partial charge in [0.2, 0.25) is 5.91 Å². The molecule has 148 valence electrons. The number of halogens is 1. The van der Waals surface area contributed by atoms with Crippen molar-refractivity contribution in [1.29, 1.82) is 0 Å². The summed E-state index contributed by atoms with van der Waals surface area (Å²) in [4.78, 5) is 26.0. The van der Waals surface area contributed by atoms with Crippen LogP contribution in [0.25, 0.3) is 0 Å². The molecule has 3 amide bonds. The maximum Gasteiger partial charge on any atom is 0.326 e. The number of anilines is 1. The van der Waals surface area contributed by atoms with E-state index in [0.29, 0.717) is 24.6 Å². The Kier molecular flexibility index (Phi) is 6.10. The highest BCUT2D eigenvalue weighted by Gasteiger charge is 2.22. The highest BCUT2D eigenvalue weighted by molar-refractivity contribution is 6.01. The van der Waals surface area contributed by atoms with Crippen LogP contribution in [0.4, 0.5) is 14.9 Å². The minimum Gasteiger partial charge on any atom is -0.493 e. The molecule has 0 aromatic heterocycles. The lowest BCUT2D eigenvalue weighted by Gasteiger charge is -2.28. The van der Waals surface area contributed by atoms with Gasteiger partial charge in [0.1, 0.15) is 5.82 Å². The van der Waals surface area contributed by atoms with Gasteiger partial charge in [0.05, 0.1) is 26.5 Å². The van der Waals surface area contributed by atoms with E-state index in [1.54, 1.807) is 20.3 Å². The number of hydrogen-bond acceptors (Lipinski definition) is 5. The standard InChI is InChI=1S/C20H22FN3O4/c1-27-17-9-13-7-8-24(11-14(13)10-18(17)28-2)12-19(25)23-20(26)22-16-6-4-3-5-15(16)21/h3-6,9-10H,7-8,11-12H2,1-2H3,(H2,22,23,25,26). The van der Waals surface area contributed by atoms with Crippen molar-refractivity contribution < 1.29 is 23.5 Å². The van der Waals surface area contributed by atoms with Crippen LogP contribution in [0.1, 0.15) is 11.1 Å². The van der Waals surface area contributed by atoms with Crippen molar-refractivity contribution in [2.24, 2.45) is 0 Å². The van der Waals surface area contributed by atoms with Gasteiger partial charge in [-0.25, -0.2) is 9.18 Å². The zero-order chi connectivity index (χ0) is 20.1. The summed E-state index contributed by atoms with van der Waals surface area (Å²) in [7, 11) is 3.17. The largest absolute Gasteiger partial charge is 0.493 e. The van der Waals surface area contributed by atoms with E-state index >= 15 is 0 Å². The molecule has 0 radical (unpaired) electrons. The van der Waals surface area contributed by atoms with Crippen LogP contribution < -0.4 is 20.1 Å². The van der Waals surface area contributed by atoms with E-state index in [1.807, 2.05) is 17.0 Å². The first-order valence-electron chi connectivity index (χ1n) is 8.81. The van der Waals surface area contributed by atoms with Gasteiger partial charge in [0.15, 0.2) is 11.5 Å². The number of carbonyl (C=O) groups is 2. The zero-order valence-electron chi connectivity index (χ0n) is 15.8. The van der Waals surface area contributed by atoms with E-state index in [9.17, 15) is 14.0 Å². The molecule has 1 aliphatic heterocycles. The molecule has 0 saturated heterocycles. The van der Waals surface area contributed by atoms with Gasteiger partial charge in [0.25, 0.3) is 0 Å². The molecule has 8 heteroatoms. The van der Waals surface area contributed by atoms with Crippen molar-refractivity contribution in [2.75, 3.05) is 32.6 Å². The fraction of sp³-hybridized carbons (Fsp3) is 0.300. The summed E-state index contributed by atoms with van der Waals surface area (Å²) in [5, 5.41) is 4.55. The van der Waals surface area contributed by atoms with Crippen LogP contribution in [-0.4, -0.2) is 44.1 Å². The van der Waals surface area contributed by atoms with Crippen molar-refractivity contribution >= 4 is 17.6 Å². The molecule has 1 aliphatic rings. The fourth-order valence-corrected chi connectivity index (χ4v) is 3.16. The smallest absolute Gasteiger partial charge is 0.326 e. The van der Waals surface area contributed by atoms with E-state index in [2.05, 4.69) is 10.6 Å². The van der Waals surface area contributed by atoms with E-state index in [-0.39, 0.29) is 12.2 Å². The Balaban J connectivity index is 1.57. The maximum absolute atomic E-state index is 13.6. The number of carbonyl (C=O) groups excluding carboxylic acids is 2. The number of nitrogens with zero attached hydrogens (tertiary/aromatic N) is 1. The molecule has 2 N–H and O–H groups in total. The molecule has 2 aromatic carbocycles. The Morgan fingerprint density at radius 1 is 1.11 bits per heavy atom. The predicted octanol–water partition coefficient (Wildman–Crippen LogP) is 2.55. The lowest BCUT2D eigenvalue weighted by molar-refractivity contribution is -0.121. The van der Waals surface area contributed by atoms with Crippen molar-refractivity contribution in [2.45, 2.75) is 13.0 Å². The van der Waals surface area contributed by atoms with E-state index in [4.69, 9.17) is 9.47 Å². The fourth-order valence-electron chi connectivity index (χ4n) is 3.16. The number of rotatable bonds is 5. The van der Waals surface area contributed by atoms with Crippen LogP contribution in [0, 0.1) is 5.82 Å². The number of imide groups is 1. The summed E-state index contributed by atoms with van der Waals surface area (Å²) < 4.78 is 24.2. The summed E-state index contributed by atoms with van der Waals surface area (Å²) in [6, 6.07) is 8.85. The quantitative estimate of drug-likeness (QED) is 0.824. The molecule has 0 aliphatic carbocycles. The molecule has 7 nitrogen and oxygen atoms in total. The third-order valence-electron chi connectivity index (χ3n) is 4.54. The number of fused-ring (bicyclic) bond motifs is 1. The lowest BCUT2D eigenvalue weighted by Crippen LogP contribution is -2.43. The summed E-state index contributed by atoms with van der Waals surface area (Å²) in [5.41, 5.74) is 2.21. The van der Waals surface area contributed by atoms with Crippen LogP contribution in [-0.2, 0) is 17.8 Å². The molecule has 0 spiro atoms. The first-order valence-corrected chi connectivity index (χ1v) is 8.81. The third kappa shape index (κ3) is 4.58. The number of methoxy groups -OCH3 is 2. The number of amides is 3. The van der Waals surface area contributed by atoms with Gasteiger partial charge in [-0.15, -0.1) is 0 Å². The first kappa shape index (κ1) is 19.6. The van der Waals surface area contributed by atoms with Gasteiger partial charge in [-0.1, -0.05) is 12.1 Å². The summed E-state index contributed by atoms with van der Waals surface area (Å²) in [6.45, 7) is 1.28. The second-order valence-electron chi connectivity index (χ2n) is 6.42. The molecule has 2 aromatic rings. The lowest BCUT2D eigenvalue weighted by atomic mass is 9.99. The van der Waals surface area contributed by atoms with Gasteiger partial charge < -0.3 is 14.8 Å². The second-order valence-corrected chi connectivity index (χ2v) is 6.42. The minimum atomic E-state index is -0.765. The van der Waals surface area contributed by atoms with Crippen LogP contribution in [0.5, 0.6) is 11.5 Å². The van der Waals surface area contributed by atoms with Crippen LogP contribution in [0.15, 0.2) is 36.4 Å². The van der Waals surface area contributed by atoms with Crippen LogP contribution in [0.2, 0.25) is 0 Å². The third-order valence-corrected chi connectivity index (χ3v) is 4.54. The van der Waals surface area contributed by atoms with Gasteiger partial charge in [-0.2, -0.15) is 0 Å². The first-order chi connectivity index (χ1) is 13.5. The predicted molar refractivity (Wildman–Crippen MR) is 102 cm³/mol. The molecular weight excluding hydrogens is 365 g/mol. The molecule has 0 unspecified atom stereocenters. The van der Waals surface area contributed by atoms with E-state index in [0.717, 1.165) is 17.5 Å². The Hall–Kier alpha value is -3.13. The summed E-state index contributed by atoms with van der Waals surface area (Å²) >= 11 is 0. The summed E-state index contributed by atoms with van der Waals surface area (Å²) in [6.07, 6.45) is 0.754. The molecule has 0 saturated carbocycles. The Bertz CT molecular complexity index is 888. The molecular formula is C20H22FN3O4. The van der Waals surface area contributed by atoms with E-state index < -0.39 is 17.8 Å². The van der Waals surface area contributed by atoms with Gasteiger partial charge in [-0.3, -0.25) is 15.0 Å². The average Bonchev–Trinajstić information content (AvgIpc) is 2.68. The molecule has 0 atom stereocenters. The average molecular weight is 387 g/mol. The monoisotopic (exact) mass is 387 g/mol. The number of benzene rings is 2. The number of urea groups is 1. The number of ether oxygens (including phenoxy) is 2. The van der Waals surface area contributed by atoms with Crippen molar-refractivity contribution in [3.8, 4) is 11.5 Å². The van der Waals surface area contributed by atoms with Crippen molar-refractivity contribution in [1.82, 2.24) is 10.2 Å². The van der Waals surface area contributed by atoms with Crippen LogP contribution in [0.3, 0.4) is 0 Å². The zero-order valence-corrected chi connectivity index (χ0v) is 15.8. The minimum absolute atomic E-state index is 0.0146. The number of nitrogens with one attached hydrogen (secondary N) is 2. The second kappa shape index (κ2) is 8.71. The maximum atomic E-state index is 13.6. The van der Waals surface area contributed by atoms with Gasteiger partial charge >= 0.3 is 6.03 Å². The Morgan fingerprint density at radius 2 is 1.79 bits per heavy atom. The molecule has 3 rings (SSSR count). The van der Waals surface area contributed by atoms with Crippen molar-refractivity contribution in [3.63, 3.8) is 0 Å². The SMILES string of the molecule is COc1cc2c(cc1OC)CN(CC(=O)NC(=O)Nc1ccccc1F)CC2. The Labute approximate surface area is 162 Å². The Morgan fingerprint density at radius 3 is 2.46 bits per heavy atom. The van der Waals surface area contributed by atoms with Crippen LogP contribution >= 0.6 is 0 Å². The highest BCUT2D eigenvalue weighted by Crippen LogP contribution is 2.33. The number of para-hydroxylation sites is 1. The topological polar surface area (TPSA) is 79.9 Å². The van der Waals surface area contributed by atoms with Gasteiger partial charge in [0, 0.05) is 13.1 Å². The summed E-state index contributed by atoms with van der Waals surface area (Å²) in [5.74, 6) is 0.286. The molecule has 28 heavy (non-hydrogen) atoms. The normalized spacial score (nSPS) is 13.4. The molecule has 1 heterocycles. The van der Waals surface area contributed by atoms with Crippen molar-refractivity contribution in [3.05, 3.63) is 53.3 Å².